The number of piperidine rings is 1. The molecule has 0 aliphatic carbocycles. The minimum absolute atomic E-state index is 0.184. The fourth-order valence-electron chi connectivity index (χ4n) is 3.06. The Kier molecular flexibility index (Phi) is 4.60. The number of rotatable bonds is 4. The van der Waals surface area contributed by atoms with Crippen molar-refractivity contribution in [1.29, 1.82) is 0 Å². The summed E-state index contributed by atoms with van der Waals surface area (Å²) in [6, 6.07) is 5.50. The van der Waals surface area contributed by atoms with Crippen LogP contribution in [0.4, 0.5) is 11.4 Å². The maximum atomic E-state index is 11.2. The molecule has 2 atom stereocenters. The molecular weight excluding hydrogens is 254 g/mol. The predicted octanol–water partition coefficient (Wildman–Crippen LogP) is 2.86. The third-order valence-electron chi connectivity index (χ3n) is 4.31. The Bertz CT molecular complexity index is 490. The number of anilines is 1. The van der Waals surface area contributed by atoms with Crippen molar-refractivity contribution < 1.29 is 4.92 Å². The van der Waals surface area contributed by atoms with Gasteiger partial charge in [-0.05, 0) is 37.3 Å². The Balaban J connectivity index is 2.34. The van der Waals surface area contributed by atoms with Gasteiger partial charge in [0.2, 0.25) is 0 Å². The van der Waals surface area contributed by atoms with E-state index in [-0.39, 0.29) is 16.7 Å². The molecule has 20 heavy (non-hydrogen) atoms. The molecule has 0 aromatic heterocycles. The lowest BCUT2D eigenvalue weighted by atomic mass is 9.88. The van der Waals surface area contributed by atoms with Crippen molar-refractivity contribution in [2.24, 2.45) is 11.7 Å². The van der Waals surface area contributed by atoms with Crippen molar-refractivity contribution in [3.05, 3.63) is 33.9 Å². The summed E-state index contributed by atoms with van der Waals surface area (Å²) >= 11 is 0. The summed E-state index contributed by atoms with van der Waals surface area (Å²) in [5.41, 5.74) is 7.85. The number of hydrogen-bond acceptors (Lipinski definition) is 4. The first-order chi connectivity index (χ1) is 9.56. The fourth-order valence-corrected chi connectivity index (χ4v) is 3.06. The highest BCUT2D eigenvalue weighted by atomic mass is 16.6. The van der Waals surface area contributed by atoms with Crippen molar-refractivity contribution >= 4 is 11.4 Å². The Morgan fingerprint density at radius 2 is 2.25 bits per heavy atom. The van der Waals surface area contributed by atoms with E-state index in [1.165, 1.54) is 0 Å². The van der Waals surface area contributed by atoms with Crippen LogP contribution in [-0.4, -0.2) is 24.1 Å². The number of hydrogen-bond donors (Lipinski definition) is 1. The number of nitro benzene ring substituents is 1. The summed E-state index contributed by atoms with van der Waals surface area (Å²) in [7, 11) is 0. The van der Waals surface area contributed by atoms with E-state index in [2.05, 4.69) is 11.8 Å². The van der Waals surface area contributed by atoms with Crippen LogP contribution < -0.4 is 10.6 Å². The largest absolute Gasteiger partial charge is 0.362 e. The summed E-state index contributed by atoms with van der Waals surface area (Å²) in [4.78, 5) is 13.1. The topological polar surface area (TPSA) is 72.4 Å². The van der Waals surface area contributed by atoms with E-state index in [1.54, 1.807) is 12.1 Å². The third kappa shape index (κ3) is 2.93. The van der Waals surface area contributed by atoms with Gasteiger partial charge in [0.25, 0.3) is 5.69 Å². The van der Waals surface area contributed by atoms with Gasteiger partial charge in [0, 0.05) is 25.2 Å². The van der Waals surface area contributed by atoms with Crippen molar-refractivity contribution in [2.75, 3.05) is 18.0 Å². The van der Waals surface area contributed by atoms with Crippen LogP contribution in [0.2, 0.25) is 0 Å². The molecule has 0 radical (unpaired) electrons. The van der Waals surface area contributed by atoms with Gasteiger partial charge in [-0.3, -0.25) is 10.1 Å². The van der Waals surface area contributed by atoms with Gasteiger partial charge in [-0.1, -0.05) is 19.4 Å². The highest BCUT2D eigenvalue weighted by molar-refractivity contribution is 5.65. The zero-order valence-corrected chi connectivity index (χ0v) is 12.2. The Labute approximate surface area is 119 Å². The average Bonchev–Trinajstić information content (AvgIpc) is 2.46. The van der Waals surface area contributed by atoms with E-state index in [0.29, 0.717) is 12.5 Å². The minimum Gasteiger partial charge on any atom is -0.362 e. The Morgan fingerprint density at radius 3 is 2.85 bits per heavy atom. The molecule has 110 valence electrons. The summed E-state index contributed by atoms with van der Waals surface area (Å²) in [6.07, 6.45) is 3.26. The van der Waals surface area contributed by atoms with E-state index >= 15 is 0 Å². The number of nitrogens with two attached hydrogens (primary N) is 1. The molecule has 1 aliphatic heterocycles. The minimum atomic E-state index is -0.297. The van der Waals surface area contributed by atoms with E-state index in [4.69, 9.17) is 5.73 Å². The monoisotopic (exact) mass is 277 g/mol. The Hall–Kier alpha value is -1.62. The molecule has 1 fully saturated rings. The zero-order valence-electron chi connectivity index (χ0n) is 12.2. The fraction of sp³-hybridized carbons (Fsp3) is 0.600. The second-order valence-electron chi connectivity index (χ2n) is 5.63. The van der Waals surface area contributed by atoms with Crippen molar-refractivity contribution in [2.45, 2.75) is 39.2 Å². The van der Waals surface area contributed by atoms with Gasteiger partial charge in [0.1, 0.15) is 5.69 Å². The smallest absolute Gasteiger partial charge is 0.292 e. The van der Waals surface area contributed by atoms with Gasteiger partial charge in [0.15, 0.2) is 0 Å². The van der Waals surface area contributed by atoms with E-state index in [1.807, 2.05) is 13.0 Å². The molecule has 2 rings (SSSR count). The number of aryl methyl sites for hydroxylation is 1. The second-order valence-corrected chi connectivity index (χ2v) is 5.63. The van der Waals surface area contributed by atoms with Crippen LogP contribution in [0, 0.1) is 23.0 Å². The maximum absolute atomic E-state index is 11.2. The maximum Gasteiger partial charge on any atom is 0.292 e. The second kappa shape index (κ2) is 6.22. The van der Waals surface area contributed by atoms with Gasteiger partial charge in [-0.2, -0.15) is 0 Å². The molecule has 0 bridgehead atoms. The van der Waals surface area contributed by atoms with E-state index < -0.39 is 0 Å². The molecule has 1 aromatic carbocycles. The highest BCUT2D eigenvalue weighted by Gasteiger charge is 2.30. The lowest BCUT2D eigenvalue weighted by Crippen LogP contribution is -2.47. The number of benzene rings is 1. The molecule has 0 amide bonds. The van der Waals surface area contributed by atoms with Crippen molar-refractivity contribution in [1.82, 2.24) is 0 Å². The lowest BCUT2D eigenvalue weighted by Gasteiger charge is -2.40. The molecule has 0 spiro atoms. The number of nitro groups is 1. The number of nitrogens with zero attached hydrogens (tertiary/aromatic N) is 2. The quantitative estimate of drug-likeness (QED) is 0.678. The zero-order chi connectivity index (χ0) is 14.7. The normalized spacial score (nSPS) is 22.9. The van der Waals surface area contributed by atoms with Crippen molar-refractivity contribution in [3.63, 3.8) is 0 Å². The molecule has 2 N–H and O–H groups in total. The Morgan fingerprint density at radius 1 is 1.50 bits per heavy atom. The molecule has 1 aromatic rings. The van der Waals surface area contributed by atoms with E-state index in [0.717, 1.165) is 37.1 Å². The van der Waals surface area contributed by atoms with Crippen molar-refractivity contribution in [3.8, 4) is 0 Å². The molecular formula is C15H23N3O2. The van der Waals surface area contributed by atoms with Crippen LogP contribution in [0.5, 0.6) is 0 Å². The van der Waals surface area contributed by atoms with E-state index in [9.17, 15) is 10.1 Å². The van der Waals surface area contributed by atoms with Crippen LogP contribution in [0.1, 0.15) is 31.7 Å². The summed E-state index contributed by atoms with van der Waals surface area (Å²) < 4.78 is 0. The first kappa shape index (κ1) is 14.8. The van der Waals surface area contributed by atoms with Gasteiger partial charge < -0.3 is 10.6 Å². The molecule has 1 heterocycles. The molecule has 1 aliphatic rings. The van der Waals surface area contributed by atoms with Gasteiger partial charge in [0.05, 0.1) is 4.92 Å². The summed E-state index contributed by atoms with van der Waals surface area (Å²) in [5, 5.41) is 11.2. The summed E-state index contributed by atoms with van der Waals surface area (Å²) in [5.74, 6) is 0.684. The van der Waals surface area contributed by atoms with Gasteiger partial charge in [-0.15, -0.1) is 0 Å². The highest BCUT2D eigenvalue weighted by Crippen LogP contribution is 2.35. The first-order valence-electron chi connectivity index (χ1n) is 7.28. The average molecular weight is 277 g/mol. The van der Waals surface area contributed by atoms with Crippen LogP contribution in [0.15, 0.2) is 18.2 Å². The third-order valence-corrected chi connectivity index (χ3v) is 4.31. The molecule has 5 nitrogen and oxygen atoms in total. The van der Waals surface area contributed by atoms with Gasteiger partial charge >= 0.3 is 0 Å². The van der Waals surface area contributed by atoms with Gasteiger partial charge in [-0.25, -0.2) is 0 Å². The summed E-state index contributed by atoms with van der Waals surface area (Å²) in [6.45, 7) is 5.55. The molecule has 1 saturated heterocycles. The molecule has 5 heteroatoms. The van der Waals surface area contributed by atoms with Crippen LogP contribution in [0.25, 0.3) is 0 Å². The standard InChI is InChI=1S/C15H23N3O2/c1-3-12-6-7-17(13(9-12)10-16)15-8-11(2)4-5-14(15)18(19)20/h4-5,8,12-13H,3,6-7,9-10,16H2,1-2H3. The van der Waals surface area contributed by atoms with Crippen LogP contribution in [-0.2, 0) is 0 Å². The molecule has 2 unspecified atom stereocenters. The SMILES string of the molecule is CCC1CCN(c2cc(C)ccc2[N+](=O)[O-])C(CN)C1. The lowest BCUT2D eigenvalue weighted by molar-refractivity contribution is -0.384. The first-order valence-corrected chi connectivity index (χ1v) is 7.28. The van der Waals surface area contributed by atoms with Crippen LogP contribution in [0.3, 0.4) is 0 Å². The predicted molar refractivity (Wildman–Crippen MR) is 81.0 cm³/mol. The molecule has 0 saturated carbocycles. The van der Waals surface area contributed by atoms with Crippen LogP contribution >= 0.6 is 0 Å².